The number of benzene rings is 2. The van der Waals surface area contributed by atoms with Gasteiger partial charge >= 0.3 is 0 Å². The first-order valence-corrected chi connectivity index (χ1v) is 10.7. The maximum Gasteiger partial charge on any atom is 0.131 e. The molecule has 0 spiro atoms. The molecule has 3 aliphatic rings. The van der Waals surface area contributed by atoms with Crippen molar-refractivity contribution in [2.75, 3.05) is 13.1 Å². The minimum Gasteiger partial charge on any atom is -0.382 e. The van der Waals surface area contributed by atoms with Crippen LogP contribution in [0, 0.1) is 11.8 Å². The van der Waals surface area contributed by atoms with Crippen molar-refractivity contribution in [3.8, 4) is 0 Å². The van der Waals surface area contributed by atoms with Crippen LogP contribution in [0.2, 0.25) is 0 Å². The number of quaternary nitrogens is 1. The van der Waals surface area contributed by atoms with E-state index in [0.29, 0.717) is 11.8 Å². The molecule has 1 unspecified atom stereocenters. The van der Waals surface area contributed by atoms with Gasteiger partial charge in [0.05, 0.1) is 18.6 Å². The molecule has 0 aliphatic carbocycles. The standard InChI is InChI=1S/C26H29N2O/c1-2-20-18-28(17-19-8-4-3-5-9-19)15-13-21(20)16-25(28)26(29)23-12-14-27-24-11-7-6-10-22(23)24/h2-12,14,20-21,25-26,29H,1,13,15-18H2/q+1/t20-,21-,25-,26+,28?/m1/s1. The fraction of sp³-hybridized carbons (Fsp3) is 0.346. The summed E-state index contributed by atoms with van der Waals surface area (Å²) in [6.45, 7) is 7.32. The quantitative estimate of drug-likeness (QED) is 0.502. The Balaban J connectivity index is 1.56. The third-order valence-electron chi connectivity index (χ3n) is 7.38. The number of nitrogens with zero attached hydrogens (tertiary/aromatic N) is 2. The van der Waals surface area contributed by atoms with Gasteiger partial charge in [0.2, 0.25) is 0 Å². The predicted octanol–water partition coefficient (Wildman–Crippen LogP) is 4.88. The molecule has 4 heterocycles. The van der Waals surface area contributed by atoms with E-state index in [1.54, 1.807) is 0 Å². The second-order valence-corrected chi connectivity index (χ2v) is 8.88. The van der Waals surface area contributed by atoms with Gasteiger partial charge in [0.25, 0.3) is 0 Å². The number of hydrogen-bond donors (Lipinski definition) is 1. The maximum atomic E-state index is 11.7. The van der Waals surface area contributed by atoms with Gasteiger partial charge in [-0.15, -0.1) is 6.58 Å². The lowest BCUT2D eigenvalue weighted by atomic mass is 9.71. The lowest BCUT2D eigenvalue weighted by Gasteiger charge is -2.58. The molecular weight excluding hydrogens is 356 g/mol. The van der Waals surface area contributed by atoms with E-state index in [0.717, 1.165) is 47.0 Å². The highest BCUT2D eigenvalue weighted by atomic mass is 16.3. The largest absolute Gasteiger partial charge is 0.382 e. The third-order valence-corrected chi connectivity index (χ3v) is 7.38. The van der Waals surface area contributed by atoms with Crippen LogP contribution in [0.5, 0.6) is 0 Å². The molecular formula is C26H29N2O+. The van der Waals surface area contributed by atoms with Crippen LogP contribution in [0.25, 0.3) is 10.9 Å². The van der Waals surface area contributed by atoms with Crippen LogP contribution in [0.4, 0.5) is 0 Å². The van der Waals surface area contributed by atoms with Crippen molar-refractivity contribution >= 4 is 10.9 Å². The SMILES string of the molecule is C=C[C@@H]1C[N+]2(Cc3ccccc3)CC[C@@H]1C[C@@H]2[C@@H](O)c1ccnc2ccccc12. The number of aliphatic hydroxyl groups is 1. The Morgan fingerprint density at radius 2 is 1.90 bits per heavy atom. The summed E-state index contributed by atoms with van der Waals surface area (Å²) in [4.78, 5) is 4.50. The Hall–Kier alpha value is -2.49. The van der Waals surface area contributed by atoms with Gasteiger partial charge in [-0.3, -0.25) is 4.98 Å². The van der Waals surface area contributed by atoms with Crippen molar-refractivity contribution < 1.29 is 9.59 Å². The van der Waals surface area contributed by atoms with Crippen LogP contribution in [-0.2, 0) is 6.54 Å². The minimum atomic E-state index is -0.486. The van der Waals surface area contributed by atoms with Crippen molar-refractivity contribution in [3.63, 3.8) is 0 Å². The summed E-state index contributed by atoms with van der Waals surface area (Å²) >= 11 is 0. The van der Waals surface area contributed by atoms with Crippen LogP contribution >= 0.6 is 0 Å². The number of aromatic nitrogens is 1. The van der Waals surface area contributed by atoms with Crippen LogP contribution < -0.4 is 0 Å². The highest BCUT2D eigenvalue weighted by molar-refractivity contribution is 5.82. The van der Waals surface area contributed by atoms with E-state index in [2.05, 4.69) is 54.0 Å². The van der Waals surface area contributed by atoms with Gasteiger partial charge in [-0.25, -0.2) is 0 Å². The van der Waals surface area contributed by atoms with Gasteiger partial charge in [0.1, 0.15) is 18.7 Å². The molecule has 3 aromatic rings. The number of fused-ring (bicyclic) bond motifs is 4. The van der Waals surface area contributed by atoms with E-state index in [1.165, 1.54) is 12.0 Å². The molecule has 2 bridgehead atoms. The molecule has 6 rings (SSSR count). The maximum absolute atomic E-state index is 11.7. The van der Waals surface area contributed by atoms with E-state index < -0.39 is 6.10 Å². The molecule has 3 nitrogen and oxygen atoms in total. The van der Waals surface area contributed by atoms with Gasteiger partial charge in [0, 0.05) is 35.9 Å². The van der Waals surface area contributed by atoms with Crippen molar-refractivity contribution in [1.82, 2.24) is 4.98 Å². The average Bonchev–Trinajstić information content (AvgIpc) is 2.78. The van der Waals surface area contributed by atoms with Crippen LogP contribution in [0.1, 0.15) is 30.1 Å². The highest BCUT2D eigenvalue weighted by Gasteiger charge is 2.53. The zero-order chi connectivity index (χ0) is 19.8. The van der Waals surface area contributed by atoms with Crippen LogP contribution in [0.15, 0.2) is 79.5 Å². The summed E-state index contributed by atoms with van der Waals surface area (Å²) in [5.74, 6) is 1.18. The Bertz CT molecular complexity index is 1010. The third kappa shape index (κ3) is 3.19. The first kappa shape index (κ1) is 18.5. The molecule has 148 valence electrons. The number of hydrogen-bond acceptors (Lipinski definition) is 2. The Kier molecular flexibility index (Phi) is 4.73. The predicted molar refractivity (Wildman–Crippen MR) is 117 cm³/mol. The summed E-state index contributed by atoms with van der Waals surface area (Å²) < 4.78 is 0.953. The first-order valence-electron chi connectivity index (χ1n) is 10.7. The molecule has 3 saturated heterocycles. The fourth-order valence-corrected chi connectivity index (χ4v) is 5.91. The molecule has 3 aliphatic heterocycles. The summed E-state index contributed by atoms with van der Waals surface area (Å²) in [6, 6.07) is 21.2. The Morgan fingerprint density at radius 3 is 2.72 bits per heavy atom. The van der Waals surface area contributed by atoms with Gasteiger partial charge in [-0.2, -0.15) is 0 Å². The molecule has 1 N–H and O–H groups in total. The van der Waals surface area contributed by atoms with E-state index in [9.17, 15) is 5.11 Å². The number of rotatable bonds is 5. The van der Waals surface area contributed by atoms with Crippen LogP contribution in [-0.4, -0.2) is 33.7 Å². The molecule has 29 heavy (non-hydrogen) atoms. The molecule has 5 atom stereocenters. The first-order chi connectivity index (χ1) is 14.2. The fourth-order valence-electron chi connectivity index (χ4n) is 5.91. The second-order valence-electron chi connectivity index (χ2n) is 8.88. The van der Waals surface area contributed by atoms with Gasteiger partial charge in [0.15, 0.2) is 0 Å². The number of piperidine rings is 3. The zero-order valence-corrected chi connectivity index (χ0v) is 16.8. The van der Waals surface area contributed by atoms with E-state index in [4.69, 9.17) is 0 Å². The summed E-state index contributed by atoms with van der Waals surface area (Å²) in [6.07, 6.45) is 5.79. The monoisotopic (exact) mass is 385 g/mol. The number of aliphatic hydroxyl groups excluding tert-OH is 1. The minimum absolute atomic E-state index is 0.205. The van der Waals surface area contributed by atoms with E-state index >= 15 is 0 Å². The van der Waals surface area contributed by atoms with Crippen LogP contribution in [0.3, 0.4) is 0 Å². The molecule has 0 amide bonds. The lowest BCUT2D eigenvalue weighted by molar-refractivity contribution is -0.984. The number of pyridine rings is 1. The number of para-hydroxylation sites is 1. The average molecular weight is 386 g/mol. The molecule has 0 radical (unpaired) electrons. The van der Waals surface area contributed by atoms with E-state index in [1.807, 2.05) is 30.5 Å². The molecule has 2 aromatic carbocycles. The van der Waals surface area contributed by atoms with Crippen molar-refractivity contribution in [2.45, 2.75) is 31.5 Å². The van der Waals surface area contributed by atoms with Gasteiger partial charge in [-0.1, -0.05) is 54.6 Å². The molecule has 0 saturated carbocycles. The summed E-state index contributed by atoms with van der Waals surface area (Å²) in [7, 11) is 0. The topological polar surface area (TPSA) is 33.1 Å². The second kappa shape index (κ2) is 7.40. The van der Waals surface area contributed by atoms with E-state index in [-0.39, 0.29) is 6.04 Å². The van der Waals surface area contributed by atoms with Crippen molar-refractivity contribution in [3.05, 3.63) is 90.6 Å². The molecule has 1 aromatic heterocycles. The highest BCUT2D eigenvalue weighted by Crippen LogP contribution is 2.47. The summed E-state index contributed by atoms with van der Waals surface area (Å²) in [5, 5.41) is 12.8. The van der Waals surface area contributed by atoms with Gasteiger partial charge in [-0.05, 0) is 23.6 Å². The Labute approximate surface area is 172 Å². The molecule has 3 fully saturated rings. The smallest absolute Gasteiger partial charge is 0.131 e. The van der Waals surface area contributed by atoms with Gasteiger partial charge < -0.3 is 9.59 Å². The zero-order valence-electron chi connectivity index (χ0n) is 16.8. The Morgan fingerprint density at radius 1 is 1.10 bits per heavy atom. The van der Waals surface area contributed by atoms with Crippen molar-refractivity contribution in [1.29, 1.82) is 0 Å². The van der Waals surface area contributed by atoms with Crippen molar-refractivity contribution in [2.24, 2.45) is 11.8 Å². The lowest BCUT2D eigenvalue weighted by Crippen LogP contribution is -2.67. The normalized spacial score (nSPS) is 29.6. The molecule has 3 heteroatoms. The summed E-state index contributed by atoms with van der Waals surface area (Å²) in [5.41, 5.74) is 3.33.